The Morgan fingerprint density at radius 3 is 2.38 bits per heavy atom. The van der Waals surface area contributed by atoms with Crippen LogP contribution < -0.4 is 5.32 Å². The molecule has 1 aliphatic rings. The first-order chi connectivity index (χ1) is 6.18. The maximum Gasteiger partial charge on any atom is 0.236 e. The third kappa shape index (κ3) is 1.48. The molecule has 1 aromatic carbocycles. The lowest BCUT2D eigenvalue weighted by molar-refractivity contribution is -0.127. The molecule has 1 aliphatic heterocycles. The number of carbonyl (C=O) groups is 1. The smallest absolute Gasteiger partial charge is 0.236 e. The molecular formula is C10H10BrNO. The van der Waals surface area contributed by atoms with Crippen LogP contribution in [0, 0.1) is 6.92 Å². The van der Waals surface area contributed by atoms with Crippen molar-refractivity contribution in [3.05, 3.63) is 35.4 Å². The van der Waals surface area contributed by atoms with Crippen LogP contribution in [-0.2, 0) is 4.79 Å². The maximum atomic E-state index is 10.9. The topological polar surface area (TPSA) is 29.1 Å². The molecule has 0 bridgehead atoms. The van der Waals surface area contributed by atoms with E-state index in [4.69, 9.17) is 0 Å². The molecule has 2 unspecified atom stereocenters. The van der Waals surface area contributed by atoms with Gasteiger partial charge in [-0.1, -0.05) is 45.8 Å². The van der Waals surface area contributed by atoms with Crippen LogP contribution in [0.4, 0.5) is 0 Å². The second kappa shape index (κ2) is 3.14. The quantitative estimate of drug-likeness (QED) is 0.589. The van der Waals surface area contributed by atoms with Crippen LogP contribution in [0.5, 0.6) is 0 Å². The number of rotatable bonds is 1. The predicted molar refractivity (Wildman–Crippen MR) is 54.8 cm³/mol. The highest BCUT2D eigenvalue weighted by Gasteiger charge is 2.37. The van der Waals surface area contributed by atoms with Crippen LogP contribution in [0.3, 0.4) is 0 Å². The number of hydrogen-bond donors (Lipinski definition) is 1. The van der Waals surface area contributed by atoms with Crippen molar-refractivity contribution in [2.75, 3.05) is 0 Å². The summed E-state index contributed by atoms with van der Waals surface area (Å²) in [4.78, 5) is 10.9. The first kappa shape index (κ1) is 8.75. The number of alkyl halides is 1. The van der Waals surface area contributed by atoms with Crippen LogP contribution in [0.25, 0.3) is 0 Å². The van der Waals surface area contributed by atoms with Gasteiger partial charge in [0.1, 0.15) is 4.83 Å². The Morgan fingerprint density at radius 1 is 1.31 bits per heavy atom. The van der Waals surface area contributed by atoms with Crippen molar-refractivity contribution in [3.63, 3.8) is 0 Å². The highest BCUT2D eigenvalue weighted by Crippen LogP contribution is 2.30. The Kier molecular flexibility index (Phi) is 2.12. The van der Waals surface area contributed by atoms with Gasteiger partial charge in [0, 0.05) is 0 Å². The molecule has 68 valence electrons. The third-order valence-electron chi connectivity index (χ3n) is 2.28. The van der Waals surface area contributed by atoms with Gasteiger partial charge in [-0.05, 0) is 12.5 Å². The van der Waals surface area contributed by atoms with Gasteiger partial charge in [0.15, 0.2) is 0 Å². The lowest BCUT2D eigenvalue weighted by atomic mass is 9.96. The van der Waals surface area contributed by atoms with Crippen LogP contribution in [0.15, 0.2) is 24.3 Å². The number of nitrogens with one attached hydrogen (secondary N) is 1. The molecule has 3 heteroatoms. The Morgan fingerprint density at radius 2 is 1.92 bits per heavy atom. The highest BCUT2D eigenvalue weighted by atomic mass is 79.9. The van der Waals surface area contributed by atoms with Crippen molar-refractivity contribution in [3.8, 4) is 0 Å². The number of benzene rings is 1. The molecule has 0 aromatic heterocycles. The van der Waals surface area contributed by atoms with Gasteiger partial charge in [0.25, 0.3) is 0 Å². The summed E-state index contributed by atoms with van der Waals surface area (Å²) < 4.78 is 0. The molecule has 2 nitrogen and oxygen atoms in total. The summed E-state index contributed by atoms with van der Waals surface area (Å²) in [5.41, 5.74) is 2.40. The highest BCUT2D eigenvalue weighted by molar-refractivity contribution is 9.10. The summed E-state index contributed by atoms with van der Waals surface area (Å²) in [6.07, 6.45) is 0. The molecule has 1 aromatic rings. The van der Waals surface area contributed by atoms with Crippen LogP contribution in [0.2, 0.25) is 0 Å². The molecule has 1 saturated heterocycles. The first-order valence-electron chi connectivity index (χ1n) is 4.19. The molecule has 0 spiro atoms. The summed E-state index contributed by atoms with van der Waals surface area (Å²) in [5.74, 6) is 0.0746. The van der Waals surface area contributed by atoms with Crippen molar-refractivity contribution in [1.29, 1.82) is 0 Å². The zero-order valence-corrected chi connectivity index (χ0v) is 8.84. The monoisotopic (exact) mass is 239 g/mol. The third-order valence-corrected chi connectivity index (χ3v) is 3.22. The minimum atomic E-state index is -0.0600. The SMILES string of the molecule is Cc1ccc(C2NC(=O)C2Br)cc1. The summed E-state index contributed by atoms with van der Waals surface area (Å²) in [6, 6.07) is 8.36. The summed E-state index contributed by atoms with van der Waals surface area (Å²) in [5, 5.41) is 2.84. The predicted octanol–water partition coefficient (Wildman–Crippen LogP) is 1.93. The number of hydrogen-bond acceptors (Lipinski definition) is 1. The number of aryl methyl sites for hydroxylation is 1. The number of halogens is 1. The lowest BCUT2D eigenvalue weighted by Crippen LogP contribution is -2.52. The van der Waals surface area contributed by atoms with E-state index < -0.39 is 0 Å². The largest absolute Gasteiger partial charge is 0.347 e. The molecule has 1 heterocycles. The second-order valence-corrected chi connectivity index (χ2v) is 4.29. The van der Waals surface area contributed by atoms with E-state index in [1.165, 1.54) is 5.56 Å². The van der Waals surface area contributed by atoms with E-state index in [2.05, 4.69) is 40.3 Å². The average Bonchev–Trinajstić information content (AvgIpc) is 2.15. The minimum Gasteiger partial charge on any atom is -0.347 e. The summed E-state index contributed by atoms with van der Waals surface area (Å²) in [7, 11) is 0. The van der Waals surface area contributed by atoms with E-state index in [0.717, 1.165) is 5.56 Å². The van der Waals surface area contributed by atoms with Crippen molar-refractivity contribution < 1.29 is 4.79 Å². The van der Waals surface area contributed by atoms with Gasteiger partial charge in [-0.15, -0.1) is 0 Å². The molecule has 1 N–H and O–H groups in total. The van der Waals surface area contributed by atoms with Gasteiger partial charge in [-0.3, -0.25) is 4.79 Å². The molecule has 2 rings (SSSR count). The molecule has 1 fully saturated rings. The van der Waals surface area contributed by atoms with E-state index in [1.807, 2.05) is 12.1 Å². The van der Waals surface area contributed by atoms with E-state index in [9.17, 15) is 4.79 Å². The summed E-state index contributed by atoms with van der Waals surface area (Å²) >= 11 is 3.34. The van der Waals surface area contributed by atoms with Gasteiger partial charge in [-0.2, -0.15) is 0 Å². The maximum absolute atomic E-state index is 10.9. The van der Waals surface area contributed by atoms with Gasteiger partial charge < -0.3 is 5.32 Å². The average molecular weight is 240 g/mol. The van der Waals surface area contributed by atoms with Gasteiger partial charge in [0.05, 0.1) is 6.04 Å². The van der Waals surface area contributed by atoms with Crippen LogP contribution in [0.1, 0.15) is 17.2 Å². The van der Waals surface area contributed by atoms with Crippen molar-refractivity contribution in [2.24, 2.45) is 0 Å². The van der Waals surface area contributed by atoms with E-state index in [0.29, 0.717) is 0 Å². The van der Waals surface area contributed by atoms with Crippen molar-refractivity contribution >= 4 is 21.8 Å². The van der Waals surface area contributed by atoms with Crippen LogP contribution in [-0.4, -0.2) is 10.7 Å². The summed E-state index contributed by atoms with van der Waals surface area (Å²) in [6.45, 7) is 2.05. The molecule has 0 aliphatic carbocycles. The van der Waals surface area contributed by atoms with Crippen LogP contribution >= 0.6 is 15.9 Å². The normalized spacial score (nSPS) is 26.5. The fourth-order valence-electron chi connectivity index (χ4n) is 1.39. The number of β-lactam (4-membered cyclic amide) rings is 1. The number of carbonyl (C=O) groups excluding carboxylic acids is 1. The Hall–Kier alpha value is -0.830. The molecule has 0 radical (unpaired) electrons. The van der Waals surface area contributed by atoms with Gasteiger partial charge in [0.2, 0.25) is 5.91 Å². The van der Waals surface area contributed by atoms with E-state index in [-0.39, 0.29) is 16.8 Å². The van der Waals surface area contributed by atoms with Crippen molar-refractivity contribution in [1.82, 2.24) is 5.32 Å². The Balaban J connectivity index is 2.18. The minimum absolute atomic E-state index is 0.0600. The van der Waals surface area contributed by atoms with Gasteiger partial charge >= 0.3 is 0 Å². The molecule has 0 saturated carbocycles. The fourth-order valence-corrected chi connectivity index (χ4v) is 1.96. The zero-order valence-electron chi connectivity index (χ0n) is 7.25. The van der Waals surface area contributed by atoms with Gasteiger partial charge in [-0.25, -0.2) is 0 Å². The van der Waals surface area contributed by atoms with E-state index in [1.54, 1.807) is 0 Å². The molecule has 13 heavy (non-hydrogen) atoms. The molecule has 1 amide bonds. The van der Waals surface area contributed by atoms with E-state index >= 15 is 0 Å². The standard InChI is InChI=1S/C10H10BrNO/c1-6-2-4-7(5-3-6)9-8(11)10(13)12-9/h2-5,8-9H,1H3,(H,12,13). The zero-order chi connectivity index (χ0) is 9.42. The lowest BCUT2D eigenvalue weighted by Gasteiger charge is -2.33. The molecular weight excluding hydrogens is 230 g/mol. The Labute approximate surface area is 85.5 Å². The Bertz CT molecular complexity index is 333. The number of amides is 1. The molecule has 2 atom stereocenters. The fraction of sp³-hybridized carbons (Fsp3) is 0.300. The first-order valence-corrected chi connectivity index (χ1v) is 5.11. The second-order valence-electron chi connectivity index (χ2n) is 3.30. The van der Waals surface area contributed by atoms with Crippen molar-refractivity contribution in [2.45, 2.75) is 17.8 Å².